The van der Waals surface area contributed by atoms with Crippen LogP contribution in [-0.4, -0.2) is 10.9 Å². The number of hydrogen-bond donors (Lipinski definition) is 1. The summed E-state index contributed by atoms with van der Waals surface area (Å²) in [5, 5.41) is 6.43. The SMILES string of the molecule is O=C(Cc1csc(-c2ccc(Cl)cc2)n1)NCc1ccccc1. The predicted molar refractivity (Wildman–Crippen MR) is 94.6 cm³/mol. The summed E-state index contributed by atoms with van der Waals surface area (Å²) in [6.07, 6.45) is 0.289. The minimum Gasteiger partial charge on any atom is -0.352 e. The fraction of sp³-hybridized carbons (Fsp3) is 0.111. The number of nitrogens with zero attached hydrogens (tertiary/aromatic N) is 1. The van der Waals surface area contributed by atoms with Gasteiger partial charge in [0.15, 0.2) is 0 Å². The minimum absolute atomic E-state index is 0.0261. The molecule has 1 N–H and O–H groups in total. The number of amides is 1. The smallest absolute Gasteiger partial charge is 0.226 e. The molecule has 3 nitrogen and oxygen atoms in total. The van der Waals surface area contributed by atoms with Gasteiger partial charge in [0.05, 0.1) is 12.1 Å². The summed E-state index contributed by atoms with van der Waals surface area (Å²) in [4.78, 5) is 16.5. The molecule has 0 radical (unpaired) electrons. The Balaban J connectivity index is 1.58. The Hall–Kier alpha value is -2.17. The Kier molecular flexibility index (Phi) is 5.05. The van der Waals surface area contributed by atoms with Gasteiger partial charge in [-0.05, 0) is 17.7 Å². The summed E-state index contributed by atoms with van der Waals surface area (Å²) >= 11 is 7.42. The zero-order valence-electron chi connectivity index (χ0n) is 12.3. The van der Waals surface area contributed by atoms with E-state index >= 15 is 0 Å². The molecule has 1 heterocycles. The molecule has 3 rings (SSSR count). The van der Waals surface area contributed by atoms with Crippen molar-refractivity contribution in [2.45, 2.75) is 13.0 Å². The molecular formula is C18H15ClN2OS. The highest BCUT2D eigenvalue weighted by Crippen LogP contribution is 2.25. The van der Waals surface area contributed by atoms with Crippen molar-refractivity contribution >= 4 is 28.8 Å². The second-order valence-electron chi connectivity index (χ2n) is 5.09. The maximum Gasteiger partial charge on any atom is 0.226 e. The largest absolute Gasteiger partial charge is 0.352 e. The van der Waals surface area contributed by atoms with E-state index in [-0.39, 0.29) is 12.3 Å². The molecule has 0 aliphatic heterocycles. The molecule has 0 unspecified atom stereocenters. The molecule has 1 aromatic heterocycles. The van der Waals surface area contributed by atoms with E-state index in [1.54, 1.807) is 0 Å². The van der Waals surface area contributed by atoms with Crippen molar-refractivity contribution in [3.63, 3.8) is 0 Å². The molecule has 0 aliphatic carbocycles. The fourth-order valence-electron chi connectivity index (χ4n) is 2.14. The number of rotatable bonds is 5. The maximum absolute atomic E-state index is 12.0. The van der Waals surface area contributed by atoms with E-state index in [0.29, 0.717) is 11.6 Å². The van der Waals surface area contributed by atoms with Crippen molar-refractivity contribution in [3.05, 3.63) is 76.3 Å². The van der Waals surface area contributed by atoms with Gasteiger partial charge in [0.2, 0.25) is 5.91 Å². The Morgan fingerprint density at radius 1 is 1.09 bits per heavy atom. The lowest BCUT2D eigenvalue weighted by Gasteiger charge is -2.03. The predicted octanol–water partition coefficient (Wildman–Crippen LogP) is 4.32. The highest BCUT2D eigenvalue weighted by atomic mass is 35.5. The van der Waals surface area contributed by atoms with E-state index < -0.39 is 0 Å². The van der Waals surface area contributed by atoms with Crippen LogP contribution in [0.15, 0.2) is 60.0 Å². The third-order valence-corrected chi connectivity index (χ3v) is 4.51. The first-order valence-electron chi connectivity index (χ1n) is 7.22. The lowest BCUT2D eigenvalue weighted by molar-refractivity contribution is -0.120. The average Bonchev–Trinajstić information content (AvgIpc) is 3.03. The van der Waals surface area contributed by atoms with Crippen LogP contribution in [0.25, 0.3) is 10.6 Å². The van der Waals surface area contributed by atoms with Gasteiger partial charge >= 0.3 is 0 Å². The zero-order chi connectivity index (χ0) is 16.1. The first-order chi connectivity index (χ1) is 11.2. The Bertz CT molecular complexity index is 784. The van der Waals surface area contributed by atoms with Crippen LogP contribution >= 0.6 is 22.9 Å². The Morgan fingerprint density at radius 2 is 1.83 bits per heavy atom. The number of carbonyl (C=O) groups excluding carboxylic acids is 1. The fourth-order valence-corrected chi connectivity index (χ4v) is 3.09. The highest BCUT2D eigenvalue weighted by molar-refractivity contribution is 7.13. The van der Waals surface area contributed by atoms with Crippen LogP contribution in [0, 0.1) is 0 Å². The summed E-state index contributed by atoms with van der Waals surface area (Å²) in [6.45, 7) is 0.536. The first-order valence-corrected chi connectivity index (χ1v) is 8.47. The number of halogens is 1. The highest BCUT2D eigenvalue weighted by Gasteiger charge is 2.09. The van der Waals surface area contributed by atoms with Crippen molar-refractivity contribution in [2.24, 2.45) is 0 Å². The number of hydrogen-bond acceptors (Lipinski definition) is 3. The van der Waals surface area contributed by atoms with Gasteiger partial charge in [-0.15, -0.1) is 11.3 Å². The van der Waals surface area contributed by atoms with Gasteiger partial charge < -0.3 is 5.32 Å². The van der Waals surface area contributed by atoms with Crippen LogP contribution < -0.4 is 5.32 Å². The molecule has 3 aromatic rings. The molecule has 5 heteroatoms. The number of benzene rings is 2. The van der Waals surface area contributed by atoms with Gasteiger partial charge in [-0.3, -0.25) is 4.79 Å². The van der Waals surface area contributed by atoms with Crippen LogP contribution in [0.4, 0.5) is 0 Å². The van der Waals surface area contributed by atoms with Gasteiger partial charge in [0.25, 0.3) is 0 Å². The molecule has 0 saturated carbocycles. The zero-order valence-corrected chi connectivity index (χ0v) is 13.9. The summed E-state index contributed by atoms with van der Waals surface area (Å²) in [5.74, 6) is -0.0261. The molecule has 0 saturated heterocycles. The van der Waals surface area contributed by atoms with Crippen molar-refractivity contribution in [2.75, 3.05) is 0 Å². The maximum atomic E-state index is 12.0. The summed E-state index contributed by atoms with van der Waals surface area (Å²) in [6, 6.07) is 17.4. The quantitative estimate of drug-likeness (QED) is 0.750. The first kappa shape index (κ1) is 15.7. The van der Waals surface area contributed by atoms with Gasteiger partial charge in [-0.2, -0.15) is 0 Å². The number of carbonyl (C=O) groups is 1. The Labute approximate surface area is 144 Å². The molecule has 0 atom stereocenters. The minimum atomic E-state index is -0.0261. The van der Waals surface area contributed by atoms with Gasteiger partial charge in [-0.25, -0.2) is 4.98 Å². The van der Waals surface area contributed by atoms with E-state index in [1.807, 2.05) is 60.0 Å². The molecule has 116 valence electrons. The normalized spacial score (nSPS) is 10.5. The van der Waals surface area contributed by atoms with Crippen LogP contribution in [0.1, 0.15) is 11.3 Å². The molecule has 0 aliphatic rings. The van der Waals surface area contributed by atoms with Crippen molar-refractivity contribution < 1.29 is 4.79 Å². The molecular weight excluding hydrogens is 328 g/mol. The van der Waals surface area contributed by atoms with E-state index in [0.717, 1.165) is 21.8 Å². The summed E-state index contributed by atoms with van der Waals surface area (Å²) in [7, 11) is 0. The number of nitrogens with one attached hydrogen (secondary N) is 1. The second kappa shape index (κ2) is 7.40. The topological polar surface area (TPSA) is 42.0 Å². The van der Waals surface area contributed by atoms with E-state index in [2.05, 4.69) is 10.3 Å². The average molecular weight is 343 g/mol. The lowest BCUT2D eigenvalue weighted by atomic mass is 10.2. The van der Waals surface area contributed by atoms with E-state index in [4.69, 9.17) is 11.6 Å². The molecule has 0 spiro atoms. The second-order valence-corrected chi connectivity index (χ2v) is 6.38. The third kappa shape index (κ3) is 4.41. The number of thiazole rings is 1. The lowest BCUT2D eigenvalue weighted by Crippen LogP contribution is -2.24. The number of aromatic nitrogens is 1. The summed E-state index contributed by atoms with van der Waals surface area (Å²) < 4.78 is 0. The molecule has 0 fully saturated rings. The van der Waals surface area contributed by atoms with Crippen molar-refractivity contribution in [1.82, 2.24) is 10.3 Å². The van der Waals surface area contributed by atoms with E-state index in [9.17, 15) is 4.79 Å². The molecule has 1 amide bonds. The van der Waals surface area contributed by atoms with Crippen molar-refractivity contribution in [3.8, 4) is 10.6 Å². The molecule has 23 heavy (non-hydrogen) atoms. The van der Waals surface area contributed by atoms with E-state index in [1.165, 1.54) is 11.3 Å². The molecule has 0 bridgehead atoms. The van der Waals surface area contributed by atoms with Crippen LogP contribution in [-0.2, 0) is 17.8 Å². The van der Waals surface area contributed by atoms with Gasteiger partial charge in [0.1, 0.15) is 5.01 Å². The summed E-state index contributed by atoms with van der Waals surface area (Å²) in [5.41, 5.74) is 2.88. The van der Waals surface area contributed by atoms with Crippen LogP contribution in [0.2, 0.25) is 5.02 Å². The van der Waals surface area contributed by atoms with Crippen LogP contribution in [0.3, 0.4) is 0 Å². The standard InChI is InChI=1S/C18H15ClN2OS/c19-15-8-6-14(7-9-15)18-21-16(12-23-18)10-17(22)20-11-13-4-2-1-3-5-13/h1-9,12H,10-11H2,(H,20,22). The Morgan fingerprint density at radius 3 is 2.57 bits per heavy atom. The third-order valence-electron chi connectivity index (χ3n) is 3.32. The molecule has 2 aromatic carbocycles. The monoisotopic (exact) mass is 342 g/mol. The van der Waals surface area contributed by atoms with Gasteiger partial charge in [-0.1, -0.05) is 54.1 Å². The van der Waals surface area contributed by atoms with Crippen molar-refractivity contribution in [1.29, 1.82) is 0 Å². The van der Waals surface area contributed by atoms with Crippen LogP contribution in [0.5, 0.6) is 0 Å². The van der Waals surface area contributed by atoms with Gasteiger partial charge in [0, 0.05) is 22.5 Å².